The van der Waals surface area contributed by atoms with E-state index in [-0.39, 0.29) is 6.10 Å². The Labute approximate surface area is 141 Å². The second-order valence-electron chi connectivity index (χ2n) is 5.21. The van der Waals surface area contributed by atoms with Crippen molar-refractivity contribution in [2.75, 3.05) is 6.61 Å². The van der Waals surface area contributed by atoms with Gasteiger partial charge >= 0.3 is 0 Å². The molecule has 0 bridgehead atoms. The largest absolute Gasteiger partial charge is 0.457 e. The topological polar surface area (TPSA) is 49.2 Å². The maximum Gasteiger partial charge on any atom is 0.137 e. The molecule has 0 saturated carbocycles. The molecule has 24 heavy (non-hydrogen) atoms. The molecule has 122 valence electrons. The summed E-state index contributed by atoms with van der Waals surface area (Å²) in [6, 6.07) is 17.6. The smallest absolute Gasteiger partial charge is 0.137 e. The molecule has 3 aromatic rings. The van der Waals surface area contributed by atoms with Gasteiger partial charge in [0.2, 0.25) is 0 Å². The normalized spacial score (nSPS) is 11.8. The summed E-state index contributed by atoms with van der Waals surface area (Å²) in [5.41, 5.74) is 1.05. The predicted molar refractivity (Wildman–Crippen MR) is 91.9 cm³/mol. The molecule has 0 radical (unpaired) electrons. The molecule has 1 unspecified atom stereocenters. The highest BCUT2D eigenvalue weighted by molar-refractivity contribution is 5.33. The molecule has 0 spiro atoms. The standard InChI is InChI=1S/C19H19N3O2/c1-2-12-23-19(13-22-15-20-14-21-22)16-8-10-18(11-9-16)24-17-6-4-3-5-7-17/h2-11,14-15,19H,1,12-13H2. The van der Waals surface area contributed by atoms with Crippen molar-refractivity contribution in [3.8, 4) is 11.5 Å². The van der Waals surface area contributed by atoms with Crippen LogP contribution in [0.1, 0.15) is 11.7 Å². The van der Waals surface area contributed by atoms with Crippen LogP contribution >= 0.6 is 0 Å². The maximum absolute atomic E-state index is 5.86. The molecule has 0 N–H and O–H groups in total. The van der Waals surface area contributed by atoms with E-state index in [1.165, 1.54) is 6.33 Å². The Balaban J connectivity index is 1.71. The van der Waals surface area contributed by atoms with E-state index in [1.54, 1.807) is 17.1 Å². The van der Waals surface area contributed by atoms with Gasteiger partial charge in [-0.2, -0.15) is 5.10 Å². The van der Waals surface area contributed by atoms with E-state index in [0.29, 0.717) is 13.2 Å². The molecule has 5 heteroatoms. The van der Waals surface area contributed by atoms with Gasteiger partial charge in [-0.15, -0.1) is 6.58 Å². The lowest BCUT2D eigenvalue weighted by molar-refractivity contribution is 0.0578. The van der Waals surface area contributed by atoms with E-state index in [9.17, 15) is 0 Å². The van der Waals surface area contributed by atoms with Gasteiger partial charge in [0.25, 0.3) is 0 Å². The lowest BCUT2D eigenvalue weighted by Crippen LogP contribution is -2.13. The van der Waals surface area contributed by atoms with Crippen LogP contribution < -0.4 is 4.74 Å². The van der Waals surface area contributed by atoms with Crippen LogP contribution in [0.15, 0.2) is 79.9 Å². The molecule has 0 saturated heterocycles. The summed E-state index contributed by atoms with van der Waals surface area (Å²) < 4.78 is 13.4. The Hall–Kier alpha value is -2.92. The molecular formula is C19H19N3O2. The highest BCUT2D eigenvalue weighted by Gasteiger charge is 2.13. The van der Waals surface area contributed by atoms with Gasteiger partial charge in [-0.05, 0) is 29.8 Å². The first-order chi connectivity index (χ1) is 11.8. The van der Waals surface area contributed by atoms with Gasteiger partial charge in [0.05, 0.1) is 13.2 Å². The minimum atomic E-state index is -0.129. The molecule has 0 aliphatic carbocycles. The third kappa shape index (κ3) is 4.30. The molecule has 0 amide bonds. The Morgan fingerprint density at radius 2 is 1.79 bits per heavy atom. The van der Waals surface area contributed by atoms with E-state index in [2.05, 4.69) is 16.7 Å². The number of ether oxygens (including phenoxy) is 2. The molecule has 1 aromatic heterocycles. The van der Waals surface area contributed by atoms with E-state index in [1.807, 2.05) is 54.6 Å². The predicted octanol–water partition coefficient (Wildman–Crippen LogP) is 4.01. The number of para-hydroxylation sites is 1. The van der Waals surface area contributed by atoms with Crippen molar-refractivity contribution in [2.45, 2.75) is 12.6 Å². The second kappa shape index (κ2) is 8.08. The van der Waals surface area contributed by atoms with Crippen molar-refractivity contribution in [3.05, 3.63) is 85.5 Å². The van der Waals surface area contributed by atoms with Gasteiger partial charge in [-0.1, -0.05) is 36.4 Å². The fraction of sp³-hybridized carbons (Fsp3) is 0.158. The first-order valence-corrected chi connectivity index (χ1v) is 7.73. The summed E-state index contributed by atoms with van der Waals surface area (Å²) in [6.07, 6.45) is 4.80. The van der Waals surface area contributed by atoms with E-state index >= 15 is 0 Å². The minimum absolute atomic E-state index is 0.129. The SMILES string of the molecule is C=CCOC(Cn1cncn1)c1ccc(Oc2ccccc2)cc1. The van der Waals surface area contributed by atoms with Crippen molar-refractivity contribution >= 4 is 0 Å². The second-order valence-corrected chi connectivity index (χ2v) is 5.21. The van der Waals surface area contributed by atoms with Crippen LogP contribution in [0.2, 0.25) is 0 Å². The van der Waals surface area contributed by atoms with Crippen molar-refractivity contribution in [1.29, 1.82) is 0 Å². The number of rotatable bonds is 8. The third-order valence-corrected chi connectivity index (χ3v) is 3.47. The number of nitrogens with zero attached hydrogens (tertiary/aromatic N) is 3. The molecular weight excluding hydrogens is 302 g/mol. The molecule has 0 aliphatic heterocycles. The average molecular weight is 321 g/mol. The zero-order valence-corrected chi connectivity index (χ0v) is 13.3. The number of aromatic nitrogens is 3. The summed E-state index contributed by atoms with van der Waals surface area (Å²) >= 11 is 0. The number of hydrogen-bond donors (Lipinski definition) is 0. The summed E-state index contributed by atoms with van der Waals surface area (Å²) in [6.45, 7) is 4.77. The molecule has 3 rings (SSSR count). The first kappa shape index (κ1) is 16.0. The highest BCUT2D eigenvalue weighted by Crippen LogP contribution is 2.25. The third-order valence-electron chi connectivity index (χ3n) is 3.47. The van der Waals surface area contributed by atoms with E-state index < -0.39 is 0 Å². The highest BCUT2D eigenvalue weighted by atomic mass is 16.5. The summed E-state index contributed by atoms with van der Waals surface area (Å²) in [7, 11) is 0. The number of benzene rings is 2. The van der Waals surface area contributed by atoms with Crippen LogP contribution in [0.4, 0.5) is 0 Å². The van der Waals surface area contributed by atoms with Crippen LogP contribution in [-0.4, -0.2) is 21.4 Å². The molecule has 2 aromatic carbocycles. The summed E-state index contributed by atoms with van der Waals surface area (Å²) in [4.78, 5) is 3.97. The fourth-order valence-corrected chi connectivity index (χ4v) is 2.31. The van der Waals surface area contributed by atoms with Crippen LogP contribution in [0.5, 0.6) is 11.5 Å². The zero-order valence-electron chi connectivity index (χ0n) is 13.3. The van der Waals surface area contributed by atoms with Crippen LogP contribution in [0.3, 0.4) is 0 Å². The summed E-state index contributed by atoms with van der Waals surface area (Å²) in [5.74, 6) is 1.60. The van der Waals surface area contributed by atoms with Gasteiger partial charge in [-0.3, -0.25) is 4.68 Å². The minimum Gasteiger partial charge on any atom is -0.457 e. The monoisotopic (exact) mass is 321 g/mol. The quantitative estimate of drug-likeness (QED) is 0.588. The van der Waals surface area contributed by atoms with Gasteiger partial charge in [0.1, 0.15) is 30.3 Å². The van der Waals surface area contributed by atoms with Crippen molar-refractivity contribution in [3.63, 3.8) is 0 Å². The molecule has 0 aliphatic rings. The molecule has 1 heterocycles. The maximum atomic E-state index is 5.86. The van der Waals surface area contributed by atoms with E-state index in [4.69, 9.17) is 9.47 Å². The Morgan fingerprint density at radius 1 is 1.04 bits per heavy atom. The Bertz CT molecular complexity index is 740. The van der Waals surface area contributed by atoms with Gasteiger partial charge in [0.15, 0.2) is 0 Å². The molecule has 0 fully saturated rings. The van der Waals surface area contributed by atoms with Crippen LogP contribution in [0, 0.1) is 0 Å². The fourth-order valence-electron chi connectivity index (χ4n) is 2.31. The van der Waals surface area contributed by atoms with Crippen LogP contribution in [-0.2, 0) is 11.3 Å². The van der Waals surface area contributed by atoms with Crippen molar-refractivity contribution in [1.82, 2.24) is 14.8 Å². The summed E-state index contributed by atoms with van der Waals surface area (Å²) in [5, 5.41) is 4.14. The van der Waals surface area contributed by atoms with Gasteiger partial charge in [-0.25, -0.2) is 4.98 Å². The lowest BCUT2D eigenvalue weighted by atomic mass is 10.1. The lowest BCUT2D eigenvalue weighted by Gasteiger charge is -2.18. The van der Waals surface area contributed by atoms with Gasteiger partial charge in [0, 0.05) is 0 Å². The Kier molecular flexibility index (Phi) is 5.37. The molecule has 1 atom stereocenters. The van der Waals surface area contributed by atoms with Gasteiger partial charge < -0.3 is 9.47 Å². The van der Waals surface area contributed by atoms with Crippen LogP contribution in [0.25, 0.3) is 0 Å². The van der Waals surface area contributed by atoms with Crippen molar-refractivity contribution in [2.24, 2.45) is 0 Å². The first-order valence-electron chi connectivity index (χ1n) is 7.73. The Morgan fingerprint density at radius 3 is 2.46 bits per heavy atom. The zero-order chi connectivity index (χ0) is 16.6. The van der Waals surface area contributed by atoms with Crippen molar-refractivity contribution < 1.29 is 9.47 Å². The van der Waals surface area contributed by atoms with E-state index in [0.717, 1.165) is 17.1 Å². The molecule has 5 nitrogen and oxygen atoms in total. The average Bonchev–Trinajstić information content (AvgIpc) is 3.13. The number of hydrogen-bond acceptors (Lipinski definition) is 4.